The Hall–Kier alpha value is -3.22. The summed E-state index contributed by atoms with van der Waals surface area (Å²) in [5.74, 6) is -0.131. The van der Waals surface area contributed by atoms with E-state index in [0.29, 0.717) is 17.0 Å². The molecule has 7 nitrogen and oxygen atoms in total. The standard InChI is InChI=1S/C17H17N3O4/c1-12(15-6-8-16(9-7-15)18-13(2)21)19-24-11-14-4-3-5-17(10-14)20(22)23/h3-10H,11H2,1-2H3,(H,18,21). The lowest BCUT2D eigenvalue weighted by atomic mass is 10.1. The molecule has 1 N–H and O–H groups in total. The number of nitro groups is 1. The monoisotopic (exact) mass is 327 g/mol. The zero-order valence-electron chi connectivity index (χ0n) is 13.4. The molecule has 24 heavy (non-hydrogen) atoms. The number of anilines is 1. The number of non-ortho nitro benzene ring substituents is 1. The summed E-state index contributed by atoms with van der Waals surface area (Å²) >= 11 is 0. The normalized spacial score (nSPS) is 11.0. The smallest absolute Gasteiger partial charge is 0.269 e. The van der Waals surface area contributed by atoms with Gasteiger partial charge in [0.2, 0.25) is 5.91 Å². The van der Waals surface area contributed by atoms with Crippen molar-refractivity contribution in [2.24, 2.45) is 5.16 Å². The van der Waals surface area contributed by atoms with E-state index >= 15 is 0 Å². The predicted molar refractivity (Wildman–Crippen MR) is 90.8 cm³/mol. The first-order chi connectivity index (χ1) is 11.5. The van der Waals surface area contributed by atoms with Gasteiger partial charge in [0, 0.05) is 24.7 Å². The molecule has 0 aliphatic heterocycles. The molecule has 0 aliphatic carbocycles. The summed E-state index contributed by atoms with van der Waals surface area (Å²) in [6, 6.07) is 13.4. The molecule has 7 heteroatoms. The molecule has 0 heterocycles. The molecule has 0 aromatic heterocycles. The lowest BCUT2D eigenvalue weighted by molar-refractivity contribution is -0.384. The number of amides is 1. The van der Waals surface area contributed by atoms with Crippen LogP contribution in [-0.4, -0.2) is 16.5 Å². The molecule has 0 radical (unpaired) electrons. The van der Waals surface area contributed by atoms with E-state index in [-0.39, 0.29) is 18.2 Å². The van der Waals surface area contributed by atoms with Crippen molar-refractivity contribution in [2.45, 2.75) is 20.5 Å². The van der Waals surface area contributed by atoms with Crippen molar-refractivity contribution in [3.05, 3.63) is 69.8 Å². The Morgan fingerprint density at radius 3 is 2.54 bits per heavy atom. The van der Waals surface area contributed by atoms with Gasteiger partial charge >= 0.3 is 0 Å². The molecular formula is C17H17N3O4. The fourth-order valence-electron chi connectivity index (χ4n) is 2.01. The zero-order chi connectivity index (χ0) is 17.5. The second-order valence-corrected chi connectivity index (χ2v) is 5.14. The molecular weight excluding hydrogens is 310 g/mol. The zero-order valence-corrected chi connectivity index (χ0v) is 13.4. The van der Waals surface area contributed by atoms with Gasteiger partial charge in [-0.3, -0.25) is 14.9 Å². The summed E-state index contributed by atoms with van der Waals surface area (Å²) in [6.45, 7) is 3.38. The van der Waals surface area contributed by atoms with Gasteiger partial charge in [-0.2, -0.15) is 0 Å². The van der Waals surface area contributed by atoms with Crippen LogP contribution < -0.4 is 5.32 Å². The van der Waals surface area contributed by atoms with E-state index in [4.69, 9.17) is 4.84 Å². The first-order valence-corrected chi connectivity index (χ1v) is 7.23. The van der Waals surface area contributed by atoms with Gasteiger partial charge in [0.15, 0.2) is 0 Å². The Balaban J connectivity index is 1.97. The number of hydrogen-bond donors (Lipinski definition) is 1. The van der Waals surface area contributed by atoms with Crippen LogP contribution in [0.25, 0.3) is 0 Å². The van der Waals surface area contributed by atoms with Crippen LogP contribution in [0, 0.1) is 10.1 Å². The molecule has 2 aromatic rings. The van der Waals surface area contributed by atoms with Crippen LogP contribution in [0.3, 0.4) is 0 Å². The van der Waals surface area contributed by atoms with Crippen molar-refractivity contribution >= 4 is 23.0 Å². The van der Waals surface area contributed by atoms with E-state index in [1.54, 1.807) is 31.2 Å². The van der Waals surface area contributed by atoms with E-state index in [2.05, 4.69) is 10.5 Å². The second-order valence-electron chi connectivity index (χ2n) is 5.14. The largest absolute Gasteiger partial charge is 0.391 e. The van der Waals surface area contributed by atoms with Gasteiger partial charge in [0.1, 0.15) is 6.61 Å². The van der Waals surface area contributed by atoms with Crippen LogP contribution in [0.2, 0.25) is 0 Å². The highest BCUT2D eigenvalue weighted by Crippen LogP contribution is 2.14. The highest BCUT2D eigenvalue weighted by molar-refractivity contribution is 5.99. The lowest BCUT2D eigenvalue weighted by Gasteiger charge is -2.05. The summed E-state index contributed by atoms with van der Waals surface area (Å²) in [4.78, 5) is 26.5. The first kappa shape index (κ1) is 17.1. The molecule has 2 aromatic carbocycles. The van der Waals surface area contributed by atoms with Gasteiger partial charge in [-0.15, -0.1) is 0 Å². The van der Waals surface area contributed by atoms with E-state index in [1.807, 2.05) is 12.1 Å². The Bertz CT molecular complexity index is 770. The fourth-order valence-corrected chi connectivity index (χ4v) is 2.01. The van der Waals surface area contributed by atoms with Crippen molar-refractivity contribution in [1.82, 2.24) is 0 Å². The van der Waals surface area contributed by atoms with Crippen LogP contribution in [0.15, 0.2) is 53.7 Å². The minimum absolute atomic E-state index is 0.0189. The highest BCUT2D eigenvalue weighted by Gasteiger charge is 2.06. The third-order valence-electron chi connectivity index (χ3n) is 3.18. The summed E-state index contributed by atoms with van der Waals surface area (Å²) in [5.41, 5.74) is 2.90. The Kier molecular flexibility index (Phi) is 5.62. The minimum atomic E-state index is -0.450. The number of hydrogen-bond acceptors (Lipinski definition) is 5. The topological polar surface area (TPSA) is 93.8 Å². The van der Waals surface area contributed by atoms with E-state index in [0.717, 1.165) is 5.56 Å². The van der Waals surface area contributed by atoms with Crippen molar-refractivity contribution in [3.8, 4) is 0 Å². The third-order valence-corrected chi connectivity index (χ3v) is 3.18. The summed E-state index contributed by atoms with van der Waals surface area (Å²) in [7, 11) is 0. The number of benzene rings is 2. The highest BCUT2D eigenvalue weighted by atomic mass is 16.6. The van der Waals surface area contributed by atoms with Crippen LogP contribution in [0.4, 0.5) is 11.4 Å². The molecule has 0 atom stereocenters. The number of carbonyl (C=O) groups excluding carboxylic acids is 1. The van der Waals surface area contributed by atoms with Gasteiger partial charge in [-0.25, -0.2) is 0 Å². The lowest BCUT2D eigenvalue weighted by Crippen LogP contribution is -2.06. The van der Waals surface area contributed by atoms with E-state index in [1.165, 1.54) is 19.1 Å². The van der Waals surface area contributed by atoms with E-state index in [9.17, 15) is 14.9 Å². The van der Waals surface area contributed by atoms with Gasteiger partial charge < -0.3 is 10.2 Å². The number of nitrogens with one attached hydrogen (secondary N) is 1. The van der Waals surface area contributed by atoms with Crippen molar-refractivity contribution in [1.29, 1.82) is 0 Å². The van der Waals surface area contributed by atoms with Gasteiger partial charge in [-0.05, 0) is 30.2 Å². The maximum absolute atomic E-state index is 11.0. The molecule has 0 aliphatic rings. The maximum atomic E-state index is 11.0. The molecule has 0 unspecified atom stereocenters. The van der Waals surface area contributed by atoms with Crippen molar-refractivity contribution in [2.75, 3.05) is 5.32 Å². The maximum Gasteiger partial charge on any atom is 0.269 e. The second kappa shape index (κ2) is 7.87. The van der Waals surface area contributed by atoms with E-state index < -0.39 is 4.92 Å². The summed E-state index contributed by atoms with van der Waals surface area (Å²) < 4.78 is 0. The Morgan fingerprint density at radius 2 is 1.92 bits per heavy atom. The first-order valence-electron chi connectivity index (χ1n) is 7.23. The average Bonchev–Trinajstić information content (AvgIpc) is 2.55. The Morgan fingerprint density at radius 1 is 1.21 bits per heavy atom. The van der Waals surface area contributed by atoms with Gasteiger partial charge in [0.25, 0.3) is 5.69 Å². The number of carbonyl (C=O) groups is 1. The Labute approximate surface area is 139 Å². The summed E-state index contributed by atoms with van der Waals surface area (Å²) in [6.07, 6.45) is 0. The number of nitro benzene ring substituents is 1. The number of oxime groups is 1. The molecule has 124 valence electrons. The van der Waals surface area contributed by atoms with Crippen molar-refractivity contribution < 1.29 is 14.6 Å². The molecule has 0 saturated heterocycles. The molecule has 1 amide bonds. The summed E-state index contributed by atoms with van der Waals surface area (Å²) in [5, 5.41) is 17.4. The third kappa shape index (κ3) is 4.91. The SMILES string of the molecule is CC(=O)Nc1ccc(C(C)=NOCc2cccc([N+](=O)[O-])c2)cc1. The molecule has 0 fully saturated rings. The number of nitrogens with zero attached hydrogens (tertiary/aromatic N) is 2. The molecule has 2 rings (SSSR count). The van der Waals surface area contributed by atoms with Crippen molar-refractivity contribution in [3.63, 3.8) is 0 Å². The van der Waals surface area contributed by atoms with Gasteiger partial charge in [-0.1, -0.05) is 29.4 Å². The number of rotatable bonds is 6. The van der Waals surface area contributed by atoms with Crippen LogP contribution in [-0.2, 0) is 16.2 Å². The molecule has 0 saturated carbocycles. The van der Waals surface area contributed by atoms with Crippen LogP contribution >= 0.6 is 0 Å². The quantitative estimate of drug-likeness (QED) is 0.499. The minimum Gasteiger partial charge on any atom is -0.391 e. The predicted octanol–water partition coefficient (Wildman–Crippen LogP) is 3.49. The molecule has 0 bridgehead atoms. The molecule has 0 spiro atoms. The van der Waals surface area contributed by atoms with Crippen LogP contribution in [0.5, 0.6) is 0 Å². The fraction of sp³-hybridized carbons (Fsp3) is 0.176. The van der Waals surface area contributed by atoms with Gasteiger partial charge in [0.05, 0.1) is 10.6 Å². The average molecular weight is 327 g/mol. The van der Waals surface area contributed by atoms with Crippen LogP contribution in [0.1, 0.15) is 25.0 Å².